The van der Waals surface area contributed by atoms with Gasteiger partial charge in [0, 0.05) is 0 Å². The topological polar surface area (TPSA) is 9.23 Å². The summed E-state index contributed by atoms with van der Waals surface area (Å²) in [6.07, 6.45) is 4.01. The van der Waals surface area contributed by atoms with Crippen molar-refractivity contribution in [1.29, 1.82) is 0 Å². The fraction of sp³-hybridized carbons (Fsp3) is 0.520. The van der Waals surface area contributed by atoms with Gasteiger partial charge in [-0.25, -0.2) is 4.39 Å². The molecule has 0 bridgehead atoms. The highest BCUT2D eigenvalue weighted by atomic mass is 19.4. The van der Waals surface area contributed by atoms with E-state index in [9.17, 15) is 17.6 Å². The molecule has 3 rings (SSSR count). The van der Waals surface area contributed by atoms with Gasteiger partial charge >= 0.3 is 6.36 Å². The Morgan fingerprint density at radius 2 is 1.57 bits per heavy atom. The van der Waals surface area contributed by atoms with E-state index in [-0.39, 0.29) is 0 Å². The Morgan fingerprint density at radius 1 is 0.933 bits per heavy atom. The van der Waals surface area contributed by atoms with E-state index in [0.29, 0.717) is 11.5 Å². The Kier molecular flexibility index (Phi) is 7.43. The number of benzene rings is 2. The maximum Gasteiger partial charge on any atom is 0.573 e. The second-order valence-electron chi connectivity index (χ2n) is 8.86. The van der Waals surface area contributed by atoms with Crippen molar-refractivity contribution < 1.29 is 22.3 Å². The molecule has 0 atom stereocenters. The van der Waals surface area contributed by atoms with Crippen LogP contribution in [-0.2, 0) is 0 Å². The first-order valence-electron chi connectivity index (χ1n) is 10.9. The van der Waals surface area contributed by atoms with E-state index in [1.165, 1.54) is 56.6 Å². The summed E-state index contributed by atoms with van der Waals surface area (Å²) < 4.78 is 54.6. The minimum absolute atomic E-state index is 0.530. The minimum Gasteiger partial charge on any atom is -0.403 e. The van der Waals surface area contributed by atoms with Crippen molar-refractivity contribution in [1.82, 2.24) is 0 Å². The van der Waals surface area contributed by atoms with Crippen LogP contribution >= 0.6 is 0 Å². The van der Waals surface area contributed by atoms with Crippen LogP contribution in [-0.4, -0.2) is 6.36 Å². The Bertz CT molecular complexity index is 803. The van der Waals surface area contributed by atoms with Gasteiger partial charge in [-0.3, -0.25) is 0 Å². The average Bonchev–Trinajstić information content (AvgIpc) is 2.69. The molecule has 0 heterocycles. The quantitative estimate of drug-likeness (QED) is 0.407. The first-order valence-corrected chi connectivity index (χ1v) is 10.9. The summed E-state index contributed by atoms with van der Waals surface area (Å²) in [7, 11) is 0. The third kappa shape index (κ3) is 6.48. The van der Waals surface area contributed by atoms with Crippen molar-refractivity contribution >= 4 is 0 Å². The Labute approximate surface area is 176 Å². The van der Waals surface area contributed by atoms with E-state index in [1.807, 2.05) is 12.1 Å². The van der Waals surface area contributed by atoms with Crippen molar-refractivity contribution in [3.05, 3.63) is 53.8 Å². The SMILES string of the molecule is CC(C)CCCC1CCC(c2ccc(-c3ccc(OC(F)(F)F)c(F)c3)cc2)CC1. The van der Waals surface area contributed by atoms with Gasteiger partial charge in [0.2, 0.25) is 0 Å². The molecule has 0 N–H and O–H groups in total. The van der Waals surface area contributed by atoms with E-state index >= 15 is 0 Å². The zero-order valence-electron chi connectivity index (χ0n) is 17.6. The predicted octanol–water partition coefficient (Wildman–Crippen LogP) is 8.49. The average molecular weight is 423 g/mol. The zero-order valence-corrected chi connectivity index (χ0v) is 17.6. The van der Waals surface area contributed by atoms with Gasteiger partial charge in [0.1, 0.15) is 0 Å². The third-order valence-corrected chi connectivity index (χ3v) is 6.11. The molecule has 1 saturated carbocycles. The van der Waals surface area contributed by atoms with Gasteiger partial charge in [-0.05, 0) is 72.3 Å². The molecule has 0 radical (unpaired) electrons. The molecule has 1 aliphatic carbocycles. The van der Waals surface area contributed by atoms with Crippen molar-refractivity contribution in [3.8, 4) is 16.9 Å². The first kappa shape index (κ1) is 22.6. The summed E-state index contributed by atoms with van der Waals surface area (Å²) in [6, 6.07) is 11.5. The van der Waals surface area contributed by atoms with Gasteiger partial charge < -0.3 is 4.74 Å². The van der Waals surface area contributed by atoms with E-state index < -0.39 is 17.9 Å². The Hall–Kier alpha value is -2.04. The van der Waals surface area contributed by atoms with E-state index in [0.717, 1.165) is 29.5 Å². The molecule has 0 amide bonds. The van der Waals surface area contributed by atoms with Crippen LogP contribution in [0.15, 0.2) is 42.5 Å². The summed E-state index contributed by atoms with van der Waals surface area (Å²) in [4.78, 5) is 0. The molecule has 0 aliphatic heterocycles. The molecule has 1 aliphatic rings. The van der Waals surface area contributed by atoms with Gasteiger partial charge in [0.15, 0.2) is 11.6 Å². The zero-order chi connectivity index (χ0) is 21.7. The molecule has 1 fully saturated rings. The molecule has 2 aromatic carbocycles. The van der Waals surface area contributed by atoms with E-state index in [4.69, 9.17) is 0 Å². The summed E-state index contributed by atoms with van der Waals surface area (Å²) in [5.74, 6) is 0.346. The van der Waals surface area contributed by atoms with E-state index in [1.54, 1.807) is 0 Å². The van der Waals surface area contributed by atoms with Crippen LogP contribution in [0.5, 0.6) is 5.75 Å². The van der Waals surface area contributed by atoms with Crippen LogP contribution in [0.1, 0.15) is 70.3 Å². The number of ether oxygens (including phenoxy) is 1. The Balaban J connectivity index is 1.57. The molecule has 164 valence electrons. The molecule has 0 saturated heterocycles. The van der Waals surface area contributed by atoms with Crippen molar-refractivity contribution in [2.75, 3.05) is 0 Å². The second-order valence-corrected chi connectivity index (χ2v) is 8.86. The summed E-state index contributed by atoms with van der Waals surface area (Å²) in [6.45, 7) is 4.55. The van der Waals surface area contributed by atoms with Crippen molar-refractivity contribution in [2.45, 2.75) is 71.1 Å². The number of hydrogen-bond acceptors (Lipinski definition) is 1. The van der Waals surface area contributed by atoms with Crippen LogP contribution in [0.4, 0.5) is 17.6 Å². The lowest BCUT2D eigenvalue weighted by atomic mass is 9.76. The monoisotopic (exact) mass is 422 g/mol. The predicted molar refractivity (Wildman–Crippen MR) is 112 cm³/mol. The molecule has 30 heavy (non-hydrogen) atoms. The molecule has 0 spiro atoms. The fourth-order valence-electron chi connectivity index (χ4n) is 4.43. The Morgan fingerprint density at radius 3 is 2.13 bits per heavy atom. The van der Waals surface area contributed by atoms with Crippen LogP contribution in [0, 0.1) is 17.7 Å². The lowest BCUT2D eigenvalue weighted by Gasteiger charge is -2.29. The highest BCUT2D eigenvalue weighted by Crippen LogP contribution is 2.38. The second kappa shape index (κ2) is 9.84. The van der Waals surface area contributed by atoms with Crippen molar-refractivity contribution in [2.24, 2.45) is 11.8 Å². The maximum absolute atomic E-state index is 14.0. The van der Waals surface area contributed by atoms with Crippen molar-refractivity contribution in [3.63, 3.8) is 0 Å². The fourth-order valence-corrected chi connectivity index (χ4v) is 4.43. The van der Waals surface area contributed by atoms with Crippen LogP contribution < -0.4 is 4.74 Å². The van der Waals surface area contributed by atoms with Gasteiger partial charge in [-0.1, -0.05) is 63.4 Å². The summed E-state index contributed by atoms with van der Waals surface area (Å²) in [5, 5.41) is 0. The summed E-state index contributed by atoms with van der Waals surface area (Å²) >= 11 is 0. The molecular formula is C25H30F4O. The standard InChI is InChI=1S/C25H30F4O/c1-17(2)4-3-5-18-6-8-19(9-7-18)20-10-12-21(13-11-20)22-14-15-24(23(26)16-22)30-25(27,28)29/h10-19H,3-9H2,1-2H3. The largest absolute Gasteiger partial charge is 0.573 e. The van der Waals surface area contributed by atoms with Gasteiger partial charge in [-0.2, -0.15) is 0 Å². The maximum atomic E-state index is 14.0. The molecule has 2 aromatic rings. The summed E-state index contributed by atoms with van der Waals surface area (Å²) in [5.41, 5.74) is 2.60. The van der Waals surface area contributed by atoms with Crippen LogP contribution in [0.25, 0.3) is 11.1 Å². The highest BCUT2D eigenvalue weighted by Gasteiger charge is 2.32. The highest BCUT2D eigenvalue weighted by molar-refractivity contribution is 5.64. The lowest BCUT2D eigenvalue weighted by molar-refractivity contribution is -0.275. The number of hydrogen-bond donors (Lipinski definition) is 0. The number of alkyl halides is 3. The van der Waals surface area contributed by atoms with E-state index in [2.05, 4.69) is 30.7 Å². The lowest BCUT2D eigenvalue weighted by Crippen LogP contribution is -2.17. The minimum atomic E-state index is -4.91. The van der Waals surface area contributed by atoms with Gasteiger partial charge in [0.25, 0.3) is 0 Å². The molecule has 1 nitrogen and oxygen atoms in total. The molecule has 0 unspecified atom stereocenters. The molecular weight excluding hydrogens is 392 g/mol. The molecule has 5 heteroatoms. The van der Waals surface area contributed by atoms with Gasteiger partial charge in [0.05, 0.1) is 0 Å². The first-order chi connectivity index (χ1) is 14.2. The normalized spacial score (nSPS) is 19.8. The smallest absolute Gasteiger partial charge is 0.403 e. The number of rotatable bonds is 7. The van der Waals surface area contributed by atoms with Gasteiger partial charge in [-0.15, -0.1) is 13.2 Å². The number of halogens is 4. The van der Waals surface area contributed by atoms with Crippen LogP contribution in [0.2, 0.25) is 0 Å². The molecule has 0 aromatic heterocycles. The van der Waals surface area contributed by atoms with Crippen LogP contribution in [0.3, 0.4) is 0 Å². The third-order valence-electron chi connectivity index (χ3n) is 6.11.